The molecule has 3 N–H and O–H groups in total. The third-order valence-corrected chi connectivity index (χ3v) is 3.60. The number of aromatic nitrogens is 2. The van der Waals surface area contributed by atoms with Gasteiger partial charge in [-0.2, -0.15) is 0 Å². The molecule has 1 aliphatic rings. The van der Waals surface area contributed by atoms with E-state index in [1.54, 1.807) is 12.1 Å². The molecule has 0 aliphatic heterocycles. The Balaban J connectivity index is 2.03. The summed E-state index contributed by atoms with van der Waals surface area (Å²) in [6.45, 7) is 1.89. The van der Waals surface area contributed by atoms with Crippen LogP contribution in [0.5, 0.6) is 0 Å². The van der Waals surface area contributed by atoms with Crippen molar-refractivity contribution < 1.29 is 9.59 Å². The number of nitrogens with one attached hydrogen (secondary N) is 1. The Morgan fingerprint density at radius 2 is 1.95 bits per heavy atom. The van der Waals surface area contributed by atoms with Crippen molar-refractivity contribution in [2.24, 2.45) is 5.73 Å². The van der Waals surface area contributed by atoms with Gasteiger partial charge in [-0.15, -0.1) is 0 Å². The van der Waals surface area contributed by atoms with Gasteiger partial charge < -0.3 is 11.1 Å². The monoisotopic (exact) mass is 296 g/mol. The highest BCUT2D eigenvalue weighted by Crippen LogP contribution is 2.25. The van der Waals surface area contributed by atoms with Crippen LogP contribution in [0.25, 0.3) is 11.3 Å². The van der Waals surface area contributed by atoms with Crippen LogP contribution in [0.2, 0.25) is 0 Å². The fraction of sp³-hybridized carbons (Fsp3) is 0.250. The molecule has 0 atom stereocenters. The van der Waals surface area contributed by atoms with E-state index in [9.17, 15) is 9.59 Å². The molecule has 0 unspecified atom stereocenters. The number of primary amides is 1. The van der Waals surface area contributed by atoms with E-state index in [1.807, 2.05) is 13.0 Å². The molecule has 1 aromatic heterocycles. The summed E-state index contributed by atoms with van der Waals surface area (Å²) in [5, 5.41) is 2.94. The molecule has 3 rings (SSSR count). The molecule has 1 heterocycles. The Kier molecular flexibility index (Phi) is 3.58. The van der Waals surface area contributed by atoms with E-state index in [0.29, 0.717) is 16.8 Å². The highest BCUT2D eigenvalue weighted by Gasteiger charge is 2.24. The van der Waals surface area contributed by atoms with Gasteiger partial charge in [0.15, 0.2) is 5.69 Å². The lowest BCUT2D eigenvalue weighted by Crippen LogP contribution is -2.25. The molecule has 112 valence electrons. The van der Waals surface area contributed by atoms with Gasteiger partial charge in [0.25, 0.3) is 11.8 Å². The van der Waals surface area contributed by atoms with E-state index in [-0.39, 0.29) is 17.6 Å². The van der Waals surface area contributed by atoms with Crippen molar-refractivity contribution in [3.05, 3.63) is 47.4 Å². The number of benzene rings is 1. The Bertz CT molecular complexity index is 754. The lowest BCUT2D eigenvalue weighted by atomic mass is 10.00. The number of nitrogens with two attached hydrogens (primary N) is 1. The van der Waals surface area contributed by atoms with E-state index in [1.165, 1.54) is 12.4 Å². The normalized spacial score (nSPS) is 13.7. The number of carbonyl (C=O) groups is 2. The maximum atomic E-state index is 12.2. The molecule has 0 saturated heterocycles. The summed E-state index contributed by atoms with van der Waals surface area (Å²) < 4.78 is 0. The second-order valence-electron chi connectivity index (χ2n) is 5.40. The quantitative estimate of drug-likeness (QED) is 0.892. The van der Waals surface area contributed by atoms with Crippen molar-refractivity contribution in [1.82, 2.24) is 15.3 Å². The molecule has 1 fully saturated rings. The third-order valence-electron chi connectivity index (χ3n) is 3.60. The first-order valence-electron chi connectivity index (χ1n) is 7.09. The molecule has 2 amide bonds. The van der Waals surface area contributed by atoms with Crippen molar-refractivity contribution >= 4 is 11.8 Å². The number of hydrogen-bond acceptors (Lipinski definition) is 4. The van der Waals surface area contributed by atoms with Crippen LogP contribution >= 0.6 is 0 Å². The van der Waals surface area contributed by atoms with Crippen LogP contribution in [0.15, 0.2) is 30.6 Å². The first-order valence-corrected chi connectivity index (χ1v) is 7.09. The minimum atomic E-state index is -0.643. The van der Waals surface area contributed by atoms with E-state index in [2.05, 4.69) is 15.3 Å². The zero-order valence-electron chi connectivity index (χ0n) is 12.2. The first kappa shape index (κ1) is 14.2. The lowest BCUT2D eigenvalue weighted by molar-refractivity contribution is 0.0950. The second-order valence-corrected chi connectivity index (χ2v) is 5.40. The number of carbonyl (C=O) groups excluding carboxylic acids is 2. The molecule has 1 aliphatic carbocycles. The molecule has 2 aromatic rings. The van der Waals surface area contributed by atoms with Gasteiger partial charge >= 0.3 is 0 Å². The summed E-state index contributed by atoms with van der Waals surface area (Å²) in [6.07, 6.45) is 4.97. The maximum Gasteiger partial charge on any atom is 0.269 e. The number of rotatable bonds is 4. The lowest BCUT2D eigenvalue weighted by Gasteiger charge is -2.10. The van der Waals surface area contributed by atoms with E-state index in [4.69, 9.17) is 5.73 Å². The zero-order chi connectivity index (χ0) is 15.7. The van der Waals surface area contributed by atoms with Crippen LogP contribution in [0, 0.1) is 6.92 Å². The van der Waals surface area contributed by atoms with Gasteiger partial charge in [0, 0.05) is 29.6 Å². The molecule has 1 aromatic carbocycles. The number of nitrogens with zero attached hydrogens (tertiary/aromatic N) is 2. The van der Waals surface area contributed by atoms with E-state index < -0.39 is 5.91 Å². The van der Waals surface area contributed by atoms with Crippen molar-refractivity contribution in [3.8, 4) is 11.3 Å². The standard InChI is InChI=1S/C16H16N4O2/c1-9-2-3-10(16(22)20-11-4-5-11)8-12(9)13-14(15(17)21)19-7-6-18-13/h2-3,6-8,11H,4-5H2,1H3,(H2,17,21)(H,20,22). The molecule has 0 bridgehead atoms. The fourth-order valence-electron chi connectivity index (χ4n) is 2.23. The summed E-state index contributed by atoms with van der Waals surface area (Å²) >= 11 is 0. The van der Waals surface area contributed by atoms with Crippen molar-refractivity contribution in [2.75, 3.05) is 0 Å². The Hall–Kier alpha value is -2.76. The Labute approximate surface area is 127 Å². The van der Waals surface area contributed by atoms with Gasteiger partial charge in [-0.1, -0.05) is 6.07 Å². The van der Waals surface area contributed by atoms with Gasteiger partial charge in [0.1, 0.15) is 5.69 Å². The summed E-state index contributed by atoms with van der Waals surface area (Å²) in [4.78, 5) is 31.9. The number of amides is 2. The van der Waals surface area contributed by atoms with Gasteiger partial charge in [-0.25, -0.2) is 4.98 Å². The third kappa shape index (κ3) is 2.81. The second kappa shape index (κ2) is 5.55. The van der Waals surface area contributed by atoms with Crippen LogP contribution < -0.4 is 11.1 Å². The first-order chi connectivity index (χ1) is 10.6. The summed E-state index contributed by atoms with van der Waals surface area (Å²) in [5.74, 6) is -0.761. The van der Waals surface area contributed by atoms with E-state index >= 15 is 0 Å². The van der Waals surface area contributed by atoms with Crippen LogP contribution in [-0.4, -0.2) is 27.8 Å². The smallest absolute Gasteiger partial charge is 0.269 e. The molecule has 1 saturated carbocycles. The molecule has 0 radical (unpaired) electrons. The summed E-state index contributed by atoms with van der Waals surface area (Å²) in [6, 6.07) is 5.60. The van der Waals surface area contributed by atoms with E-state index in [0.717, 1.165) is 18.4 Å². The SMILES string of the molecule is Cc1ccc(C(=O)NC2CC2)cc1-c1nccnc1C(N)=O. The molecular weight excluding hydrogens is 280 g/mol. The van der Waals surface area contributed by atoms with Gasteiger partial charge in [-0.05, 0) is 37.5 Å². The van der Waals surface area contributed by atoms with Crippen LogP contribution in [0.3, 0.4) is 0 Å². The largest absolute Gasteiger partial charge is 0.364 e. The van der Waals surface area contributed by atoms with Gasteiger partial charge in [0.05, 0.1) is 0 Å². The van der Waals surface area contributed by atoms with Crippen molar-refractivity contribution in [1.29, 1.82) is 0 Å². The summed E-state index contributed by atoms with van der Waals surface area (Å²) in [7, 11) is 0. The molecule has 6 heteroatoms. The molecule has 22 heavy (non-hydrogen) atoms. The minimum Gasteiger partial charge on any atom is -0.364 e. The highest BCUT2D eigenvalue weighted by atomic mass is 16.2. The maximum absolute atomic E-state index is 12.2. The topological polar surface area (TPSA) is 98.0 Å². The fourth-order valence-corrected chi connectivity index (χ4v) is 2.23. The van der Waals surface area contributed by atoms with Crippen molar-refractivity contribution in [3.63, 3.8) is 0 Å². The number of hydrogen-bond donors (Lipinski definition) is 2. The molecule has 6 nitrogen and oxygen atoms in total. The average molecular weight is 296 g/mol. The van der Waals surface area contributed by atoms with Crippen LogP contribution in [0.4, 0.5) is 0 Å². The minimum absolute atomic E-state index is 0.102. The predicted molar refractivity (Wildman–Crippen MR) is 81.2 cm³/mol. The van der Waals surface area contributed by atoms with Crippen LogP contribution in [0.1, 0.15) is 39.3 Å². The predicted octanol–water partition coefficient (Wildman–Crippen LogP) is 1.44. The summed E-state index contributed by atoms with van der Waals surface area (Å²) in [5.41, 5.74) is 7.97. The van der Waals surface area contributed by atoms with Crippen LogP contribution in [-0.2, 0) is 0 Å². The highest BCUT2D eigenvalue weighted by molar-refractivity contribution is 5.99. The Morgan fingerprint density at radius 1 is 1.23 bits per heavy atom. The van der Waals surface area contributed by atoms with Crippen molar-refractivity contribution in [2.45, 2.75) is 25.8 Å². The zero-order valence-corrected chi connectivity index (χ0v) is 12.2. The molecule has 0 spiro atoms. The average Bonchev–Trinajstić information content (AvgIpc) is 3.31. The Morgan fingerprint density at radius 3 is 2.64 bits per heavy atom. The van der Waals surface area contributed by atoms with Gasteiger partial charge in [0.2, 0.25) is 0 Å². The van der Waals surface area contributed by atoms with Gasteiger partial charge in [-0.3, -0.25) is 14.6 Å². The molecular formula is C16H16N4O2. The number of aryl methyl sites for hydroxylation is 1.